The monoisotopic (exact) mass is 212 g/mol. The SMILES string of the molecule is CCNCC(=O)NC1CCC(C)C(C)C1. The van der Waals surface area contributed by atoms with Gasteiger partial charge in [0, 0.05) is 6.04 Å². The Kier molecular flexibility index (Phi) is 5.09. The molecule has 3 heteroatoms. The lowest BCUT2D eigenvalue weighted by molar-refractivity contribution is -0.121. The summed E-state index contributed by atoms with van der Waals surface area (Å²) in [5.41, 5.74) is 0. The molecule has 3 unspecified atom stereocenters. The molecule has 1 fully saturated rings. The highest BCUT2D eigenvalue weighted by molar-refractivity contribution is 5.78. The van der Waals surface area contributed by atoms with Gasteiger partial charge in [-0.25, -0.2) is 0 Å². The van der Waals surface area contributed by atoms with E-state index in [1.165, 1.54) is 6.42 Å². The molecular formula is C12H24N2O. The Balaban J connectivity index is 2.24. The summed E-state index contributed by atoms with van der Waals surface area (Å²) in [6, 6.07) is 0.405. The molecule has 0 saturated heterocycles. The van der Waals surface area contributed by atoms with Crippen LogP contribution in [-0.4, -0.2) is 25.0 Å². The summed E-state index contributed by atoms with van der Waals surface area (Å²) < 4.78 is 0. The highest BCUT2D eigenvalue weighted by Crippen LogP contribution is 2.29. The van der Waals surface area contributed by atoms with Crippen LogP contribution in [0, 0.1) is 11.8 Å². The minimum atomic E-state index is 0.142. The minimum Gasteiger partial charge on any atom is -0.352 e. The zero-order valence-electron chi connectivity index (χ0n) is 10.2. The van der Waals surface area contributed by atoms with Gasteiger partial charge in [0.15, 0.2) is 0 Å². The van der Waals surface area contributed by atoms with Crippen LogP contribution in [0.25, 0.3) is 0 Å². The van der Waals surface area contributed by atoms with Gasteiger partial charge in [-0.05, 0) is 37.6 Å². The standard InChI is InChI=1S/C12H24N2O/c1-4-13-8-12(15)14-11-6-5-9(2)10(3)7-11/h9-11,13H,4-8H2,1-3H3,(H,14,15). The van der Waals surface area contributed by atoms with Crippen LogP contribution in [0.5, 0.6) is 0 Å². The van der Waals surface area contributed by atoms with E-state index in [0.29, 0.717) is 12.6 Å². The third kappa shape index (κ3) is 4.20. The molecule has 1 aliphatic carbocycles. The van der Waals surface area contributed by atoms with Crippen LogP contribution in [0.3, 0.4) is 0 Å². The lowest BCUT2D eigenvalue weighted by Gasteiger charge is -2.32. The van der Waals surface area contributed by atoms with Crippen LogP contribution < -0.4 is 10.6 Å². The quantitative estimate of drug-likeness (QED) is 0.742. The molecule has 2 N–H and O–H groups in total. The number of rotatable bonds is 4. The normalized spacial score (nSPS) is 31.3. The number of carbonyl (C=O) groups is 1. The van der Waals surface area contributed by atoms with Gasteiger partial charge in [0.1, 0.15) is 0 Å². The third-order valence-corrected chi connectivity index (χ3v) is 3.50. The average molecular weight is 212 g/mol. The zero-order chi connectivity index (χ0) is 11.3. The van der Waals surface area contributed by atoms with Crippen molar-refractivity contribution in [3.8, 4) is 0 Å². The van der Waals surface area contributed by atoms with E-state index < -0.39 is 0 Å². The summed E-state index contributed by atoms with van der Waals surface area (Å²) in [5.74, 6) is 1.69. The Morgan fingerprint density at radius 3 is 2.60 bits per heavy atom. The van der Waals surface area contributed by atoms with Gasteiger partial charge >= 0.3 is 0 Å². The van der Waals surface area contributed by atoms with Crippen LogP contribution in [0.1, 0.15) is 40.0 Å². The highest BCUT2D eigenvalue weighted by atomic mass is 16.1. The van der Waals surface area contributed by atoms with E-state index in [2.05, 4.69) is 24.5 Å². The summed E-state index contributed by atoms with van der Waals surface area (Å²) in [6.45, 7) is 7.91. The Bertz CT molecular complexity index is 206. The van der Waals surface area contributed by atoms with Crippen LogP contribution in [0.4, 0.5) is 0 Å². The molecule has 0 radical (unpaired) electrons. The maximum atomic E-state index is 11.5. The molecule has 1 saturated carbocycles. The van der Waals surface area contributed by atoms with Gasteiger partial charge in [0.05, 0.1) is 6.54 Å². The van der Waals surface area contributed by atoms with Crippen LogP contribution in [0.15, 0.2) is 0 Å². The smallest absolute Gasteiger partial charge is 0.234 e. The van der Waals surface area contributed by atoms with Crippen molar-refractivity contribution < 1.29 is 4.79 Å². The van der Waals surface area contributed by atoms with Crippen molar-refractivity contribution in [3.05, 3.63) is 0 Å². The van der Waals surface area contributed by atoms with E-state index in [1.54, 1.807) is 0 Å². The lowest BCUT2D eigenvalue weighted by atomic mass is 9.79. The van der Waals surface area contributed by atoms with Crippen molar-refractivity contribution in [3.63, 3.8) is 0 Å². The van der Waals surface area contributed by atoms with Crippen molar-refractivity contribution in [2.45, 2.75) is 46.1 Å². The van der Waals surface area contributed by atoms with E-state index in [1.807, 2.05) is 6.92 Å². The molecular weight excluding hydrogens is 188 g/mol. The first-order valence-electron chi connectivity index (χ1n) is 6.13. The van der Waals surface area contributed by atoms with Crippen molar-refractivity contribution in [1.29, 1.82) is 0 Å². The molecule has 1 rings (SSSR count). The lowest BCUT2D eigenvalue weighted by Crippen LogP contribution is -2.43. The molecule has 0 aromatic rings. The molecule has 1 aliphatic rings. The van der Waals surface area contributed by atoms with Gasteiger partial charge in [-0.3, -0.25) is 4.79 Å². The largest absolute Gasteiger partial charge is 0.352 e. The van der Waals surface area contributed by atoms with Gasteiger partial charge < -0.3 is 10.6 Å². The number of likely N-dealkylation sites (N-methyl/N-ethyl adjacent to an activating group) is 1. The molecule has 3 nitrogen and oxygen atoms in total. The first-order valence-corrected chi connectivity index (χ1v) is 6.13. The molecule has 0 heterocycles. The predicted octanol–water partition coefficient (Wildman–Crippen LogP) is 1.54. The first kappa shape index (κ1) is 12.5. The van der Waals surface area contributed by atoms with E-state index in [4.69, 9.17) is 0 Å². The molecule has 0 aromatic carbocycles. The second-order valence-electron chi connectivity index (χ2n) is 4.81. The summed E-state index contributed by atoms with van der Waals surface area (Å²) in [5, 5.41) is 6.15. The molecule has 15 heavy (non-hydrogen) atoms. The average Bonchev–Trinajstić information content (AvgIpc) is 2.20. The molecule has 0 bridgehead atoms. The molecule has 0 aromatic heterocycles. The second kappa shape index (κ2) is 6.11. The van der Waals surface area contributed by atoms with Crippen molar-refractivity contribution in [2.75, 3.05) is 13.1 Å². The first-order chi connectivity index (χ1) is 7.13. The fraction of sp³-hybridized carbons (Fsp3) is 0.917. The minimum absolute atomic E-state index is 0.142. The Morgan fingerprint density at radius 1 is 1.27 bits per heavy atom. The van der Waals surface area contributed by atoms with Crippen LogP contribution in [-0.2, 0) is 4.79 Å². The Morgan fingerprint density at radius 2 is 2.00 bits per heavy atom. The van der Waals surface area contributed by atoms with E-state index in [9.17, 15) is 4.79 Å². The van der Waals surface area contributed by atoms with Gasteiger partial charge in [-0.1, -0.05) is 20.8 Å². The van der Waals surface area contributed by atoms with Crippen molar-refractivity contribution >= 4 is 5.91 Å². The van der Waals surface area contributed by atoms with Gasteiger partial charge in [-0.15, -0.1) is 0 Å². The van der Waals surface area contributed by atoms with Gasteiger partial charge in [0.25, 0.3) is 0 Å². The zero-order valence-corrected chi connectivity index (χ0v) is 10.2. The Hall–Kier alpha value is -0.570. The summed E-state index contributed by atoms with van der Waals surface area (Å²) in [6.07, 6.45) is 3.52. The number of hydrogen-bond acceptors (Lipinski definition) is 2. The van der Waals surface area contributed by atoms with E-state index in [0.717, 1.165) is 31.2 Å². The topological polar surface area (TPSA) is 41.1 Å². The number of hydrogen-bond donors (Lipinski definition) is 2. The maximum Gasteiger partial charge on any atom is 0.234 e. The summed E-state index contributed by atoms with van der Waals surface area (Å²) >= 11 is 0. The number of amides is 1. The fourth-order valence-electron chi connectivity index (χ4n) is 2.20. The van der Waals surface area contributed by atoms with Crippen LogP contribution in [0.2, 0.25) is 0 Å². The maximum absolute atomic E-state index is 11.5. The highest BCUT2D eigenvalue weighted by Gasteiger charge is 2.25. The van der Waals surface area contributed by atoms with Crippen LogP contribution >= 0.6 is 0 Å². The van der Waals surface area contributed by atoms with Gasteiger partial charge in [0.2, 0.25) is 5.91 Å². The molecule has 0 spiro atoms. The van der Waals surface area contributed by atoms with Crippen molar-refractivity contribution in [2.24, 2.45) is 11.8 Å². The van der Waals surface area contributed by atoms with E-state index in [-0.39, 0.29) is 5.91 Å². The molecule has 3 atom stereocenters. The second-order valence-corrected chi connectivity index (χ2v) is 4.81. The number of nitrogens with one attached hydrogen (secondary N) is 2. The third-order valence-electron chi connectivity index (χ3n) is 3.50. The predicted molar refractivity (Wildman–Crippen MR) is 62.7 cm³/mol. The Labute approximate surface area is 93.0 Å². The molecule has 88 valence electrons. The molecule has 0 aliphatic heterocycles. The van der Waals surface area contributed by atoms with E-state index >= 15 is 0 Å². The van der Waals surface area contributed by atoms with Crippen molar-refractivity contribution in [1.82, 2.24) is 10.6 Å². The summed E-state index contributed by atoms with van der Waals surface area (Å²) in [7, 11) is 0. The number of carbonyl (C=O) groups excluding carboxylic acids is 1. The van der Waals surface area contributed by atoms with Gasteiger partial charge in [-0.2, -0.15) is 0 Å². The fourth-order valence-corrected chi connectivity index (χ4v) is 2.20. The summed E-state index contributed by atoms with van der Waals surface area (Å²) in [4.78, 5) is 11.5. The molecule has 1 amide bonds.